The molecule has 1 aromatic heterocycles. The summed E-state index contributed by atoms with van der Waals surface area (Å²) in [5.41, 5.74) is 0.892. The van der Waals surface area contributed by atoms with Gasteiger partial charge in [-0.05, 0) is 27.8 Å². The molecule has 1 heterocycles. The van der Waals surface area contributed by atoms with Gasteiger partial charge in [0.25, 0.3) is 0 Å². The summed E-state index contributed by atoms with van der Waals surface area (Å²) in [6, 6.07) is 14.9. The first-order chi connectivity index (χ1) is 9.68. The molecular formula is C16H12O3S. The minimum Gasteiger partial charge on any atom is -0.478 e. The maximum absolute atomic E-state index is 11.2. The van der Waals surface area contributed by atoms with E-state index >= 15 is 0 Å². The van der Waals surface area contributed by atoms with E-state index in [4.69, 9.17) is 5.11 Å². The molecule has 4 heteroatoms. The smallest absolute Gasteiger partial charge is 0.336 e. The number of hydrogen-bond donors (Lipinski definition) is 2. The van der Waals surface area contributed by atoms with Crippen molar-refractivity contribution < 1.29 is 15.0 Å². The van der Waals surface area contributed by atoms with Crippen molar-refractivity contribution in [2.24, 2.45) is 0 Å². The molecule has 0 saturated carbocycles. The molecule has 2 aromatic carbocycles. The van der Waals surface area contributed by atoms with Crippen LogP contribution in [-0.4, -0.2) is 16.2 Å². The average molecular weight is 284 g/mol. The third-order valence-corrected chi connectivity index (χ3v) is 4.26. The minimum atomic E-state index is -1.01. The number of fused-ring (bicyclic) bond motifs is 1. The minimum absolute atomic E-state index is 0.162. The summed E-state index contributed by atoms with van der Waals surface area (Å²) in [6.07, 6.45) is -0.924. The van der Waals surface area contributed by atoms with Crippen LogP contribution in [0.2, 0.25) is 0 Å². The normalized spacial score (nSPS) is 12.4. The highest BCUT2D eigenvalue weighted by Gasteiger charge is 2.21. The Morgan fingerprint density at radius 1 is 1.05 bits per heavy atom. The van der Waals surface area contributed by atoms with Gasteiger partial charge in [0.15, 0.2) is 0 Å². The van der Waals surface area contributed by atoms with Gasteiger partial charge in [-0.2, -0.15) is 0 Å². The quantitative estimate of drug-likeness (QED) is 0.771. The number of aliphatic hydroxyl groups excluding tert-OH is 1. The number of carbonyl (C=O) groups is 1. The topological polar surface area (TPSA) is 57.5 Å². The fraction of sp³-hybridized carbons (Fsp3) is 0.0625. The summed E-state index contributed by atoms with van der Waals surface area (Å²) < 4.78 is 0. The van der Waals surface area contributed by atoms with E-state index in [1.807, 2.05) is 42.5 Å². The Morgan fingerprint density at radius 2 is 1.80 bits per heavy atom. The molecule has 20 heavy (non-hydrogen) atoms. The van der Waals surface area contributed by atoms with Crippen molar-refractivity contribution in [2.45, 2.75) is 6.10 Å². The van der Waals surface area contributed by atoms with E-state index in [0.717, 1.165) is 16.3 Å². The van der Waals surface area contributed by atoms with E-state index in [0.29, 0.717) is 4.88 Å². The molecule has 0 aliphatic carbocycles. The number of aromatic carboxylic acids is 1. The predicted molar refractivity (Wildman–Crippen MR) is 79.3 cm³/mol. The highest BCUT2D eigenvalue weighted by molar-refractivity contribution is 7.10. The number of hydrogen-bond acceptors (Lipinski definition) is 3. The maximum Gasteiger partial charge on any atom is 0.336 e. The van der Waals surface area contributed by atoms with Crippen molar-refractivity contribution in [3.05, 3.63) is 69.9 Å². The molecule has 3 rings (SSSR count). The third kappa shape index (κ3) is 2.09. The van der Waals surface area contributed by atoms with Crippen LogP contribution >= 0.6 is 11.3 Å². The van der Waals surface area contributed by atoms with Crippen LogP contribution in [0.3, 0.4) is 0 Å². The molecule has 0 aliphatic rings. The van der Waals surface area contributed by atoms with Crippen molar-refractivity contribution >= 4 is 28.1 Å². The van der Waals surface area contributed by atoms with E-state index in [1.54, 1.807) is 5.38 Å². The van der Waals surface area contributed by atoms with Crippen molar-refractivity contribution in [1.29, 1.82) is 0 Å². The van der Waals surface area contributed by atoms with Crippen LogP contribution in [0.5, 0.6) is 0 Å². The standard InChI is InChI=1S/C16H12O3S/c17-14(15-13(16(18)19)8-9-20-15)12-7-3-5-10-4-1-2-6-11(10)12/h1-9,14,17H,(H,18,19). The van der Waals surface area contributed by atoms with Gasteiger partial charge in [0.1, 0.15) is 6.10 Å². The van der Waals surface area contributed by atoms with Gasteiger partial charge in [0.2, 0.25) is 0 Å². The van der Waals surface area contributed by atoms with Crippen molar-refractivity contribution in [1.82, 2.24) is 0 Å². The number of thiophene rings is 1. The van der Waals surface area contributed by atoms with Crippen LogP contribution in [-0.2, 0) is 0 Å². The fourth-order valence-electron chi connectivity index (χ4n) is 2.34. The Labute approximate surface area is 119 Å². The van der Waals surface area contributed by atoms with E-state index < -0.39 is 12.1 Å². The lowest BCUT2D eigenvalue weighted by Gasteiger charge is -2.13. The molecule has 0 aliphatic heterocycles. The molecule has 3 nitrogen and oxygen atoms in total. The third-order valence-electron chi connectivity index (χ3n) is 3.29. The molecular weight excluding hydrogens is 272 g/mol. The molecule has 0 bridgehead atoms. The van der Waals surface area contributed by atoms with Crippen molar-refractivity contribution in [3.8, 4) is 0 Å². The Morgan fingerprint density at radius 3 is 2.60 bits per heavy atom. The molecule has 0 saturated heterocycles. The van der Waals surface area contributed by atoms with Crippen LogP contribution in [0, 0.1) is 0 Å². The Hall–Kier alpha value is -2.17. The van der Waals surface area contributed by atoms with E-state index in [1.165, 1.54) is 17.4 Å². The molecule has 2 N–H and O–H groups in total. The lowest BCUT2D eigenvalue weighted by molar-refractivity contribution is 0.0692. The lowest BCUT2D eigenvalue weighted by atomic mass is 9.98. The number of carboxylic acids is 1. The largest absolute Gasteiger partial charge is 0.478 e. The first kappa shape index (κ1) is 12.8. The highest BCUT2D eigenvalue weighted by Crippen LogP contribution is 2.33. The van der Waals surface area contributed by atoms with Crippen molar-refractivity contribution in [2.75, 3.05) is 0 Å². The van der Waals surface area contributed by atoms with Gasteiger partial charge in [-0.25, -0.2) is 4.79 Å². The van der Waals surface area contributed by atoms with Gasteiger partial charge in [-0.1, -0.05) is 42.5 Å². The first-order valence-electron chi connectivity index (χ1n) is 6.15. The second-order valence-electron chi connectivity index (χ2n) is 4.47. The Balaban J connectivity index is 2.15. The molecule has 0 amide bonds. The molecule has 1 atom stereocenters. The van der Waals surface area contributed by atoms with Gasteiger partial charge in [0.05, 0.1) is 10.4 Å². The summed E-state index contributed by atoms with van der Waals surface area (Å²) >= 11 is 1.26. The average Bonchev–Trinajstić information content (AvgIpc) is 2.95. The summed E-state index contributed by atoms with van der Waals surface area (Å²) in [4.78, 5) is 11.6. The molecule has 1 unspecified atom stereocenters. The summed E-state index contributed by atoms with van der Waals surface area (Å²) in [5.74, 6) is -1.01. The van der Waals surface area contributed by atoms with Gasteiger partial charge in [-0.3, -0.25) is 0 Å². The van der Waals surface area contributed by atoms with Crippen LogP contribution in [0.4, 0.5) is 0 Å². The zero-order valence-corrected chi connectivity index (χ0v) is 11.3. The lowest BCUT2D eigenvalue weighted by Crippen LogP contribution is -2.05. The number of rotatable bonds is 3. The SMILES string of the molecule is O=C(O)c1ccsc1C(O)c1cccc2ccccc12. The van der Waals surface area contributed by atoms with E-state index in [-0.39, 0.29) is 5.56 Å². The zero-order valence-electron chi connectivity index (χ0n) is 10.5. The van der Waals surface area contributed by atoms with Crippen molar-refractivity contribution in [3.63, 3.8) is 0 Å². The predicted octanol–water partition coefficient (Wildman–Crippen LogP) is 3.68. The Bertz CT molecular complexity index is 771. The van der Waals surface area contributed by atoms with Gasteiger partial charge >= 0.3 is 5.97 Å². The van der Waals surface area contributed by atoms with Gasteiger partial charge < -0.3 is 10.2 Å². The van der Waals surface area contributed by atoms with Crippen LogP contribution < -0.4 is 0 Å². The second-order valence-corrected chi connectivity index (χ2v) is 5.42. The number of benzene rings is 2. The molecule has 0 spiro atoms. The zero-order chi connectivity index (χ0) is 14.1. The molecule has 100 valence electrons. The van der Waals surface area contributed by atoms with E-state index in [9.17, 15) is 9.90 Å². The monoisotopic (exact) mass is 284 g/mol. The van der Waals surface area contributed by atoms with Crippen LogP contribution in [0.1, 0.15) is 26.9 Å². The molecule has 0 fully saturated rings. The molecule has 0 radical (unpaired) electrons. The van der Waals surface area contributed by atoms with Gasteiger partial charge in [0, 0.05) is 0 Å². The Kier molecular flexibility index (Phi) is 3.26. The second kappa shape index (κ2) is 5.07. The fourth-order valence-corrected chi connectivity index (χ4v) is 3.23. The van der Waals surface area contributed by atoms with Crippen LogP contribution in [0.15, 0.2) is 53.9 Å². The van der Waals surface area contributed by atoms with E-state index in [2.05, 4.69) is 0 Å². The number of aliphatic hydroxyl groups is 1. The van der Waals surface area contributed by atoms with Crippen LogP contribution in [0.25, 0.3) is 10.8 Å². The number of carboxylic acid groups (broad SMARTS) is 1. The highest BCUT2D eigenvalue weighted by atomic mass is 32.1. The van der Waals surface area contributed by atoms with Gasteiger partial charge in [-0.15, -0.1) is 11.3 Å². The first-order valence-corrected chi connectivity index (χ1v) is 7.03. The summed E-state index contributed by atoms with van der Waals surface area (Å²) in [5, 5.41) is 23.4. The molecule has 3 aromatic rings. The summed E-state index contributed by atoms with van der Waals surface area (Å²) in [6.45, 7) is 0. The maximum atomic E-state index is 11.2. The summed E-state index contributed by atoms with van der Waals surface area (Å²) in [7, 11) is 0.